The number of carbonyl (C=O) groups is 1. The molecule has 0 aliphatic heterocycles. The Labute approximate surface area is 168 Å². The molecule has 1 saturated carbocycles. The van der Waals surface area contributed by atoms with E-state index in [9.17, 15) is 4.79 Å². The molecule has 4 rings (SSSR count). The highest BCUT2D eigenvalue weighted by Crippen LogP contribution is 2.32. The Bertz CT molecular complexity index is 992. The third-order valence-electron chi connectivity index (χ3n) is 5.09. The van der Waals surface area contributed by atoms with E-state index in [1.807, 2.05) is 18.2 Å². The zero-order valence-electron chi connectivity index (χ0n) is 15.7. The van der Waals surface area contributed by atoms with Crippen LogP contribution in [-0.2, 0) is 17.6 Å². The number of carbonyl (C=O) groups excluding carboxylic acids is 1. The maximum absolute atomic E-state index is 11.0. The number of benzene rings is 2. The van der Waals surface area contributed by atoms with Crippen LogP contribution < -0.4 is 9.47 Å². The van der Waals surface area contributed by atoms with Gasteiger partial charge in [-0.1, -0.05) is 17.7 Å². The maximum atomic E-state index is 11.0. The van der Waals surface area contributed by atoms with E-state index < -0.39 is 0 Å². The van der Waals surface area contributed by atoms with Gasteiger partial charge < -0.3 is 18.7 Å². The summed E-state index contributed by atoms with van der Waals surface area (Å²) in [5.41, 5.74) is 3.00. The lowest BCUT2D eigenvalue weighted by Crippen LogP contribution is -2.12. The van der Waals surface area contributed by atoms with Gasteiger partial charge in [0.25, 0.3) is 0 Å². The Morgan fingerprint density at radius 3 is 2.79 bits per heavy atom. The summed E-state index contributed by atoms with van der Waals surface area (Å²) in [4.78, 5) is 15.5. The largest absolute Gasteiger partial charge is 0.497 e. The maximum Gasteiger partial charge on any atom is 0.200 e. The Balaban J connectivity index is 1.66. The van der Waals surface area contributed by atoms with Gasteiger partial charge in [-0.25, -0.2) is 4.98 Å². The Kier molecular flexibility index (Phi) is 5.53. The van der Waals surface area contributed by atoms with Gasteiger partial charge in [0.2, 0.25) is 0 Å². The Morgan fingerprint density at radius 2 is 2.04 bits per heavy atom. The van der Waals surface area contributed by atoms with E-state index in [2.05, 4.69) is 4.98 Å². The number of hydrogen-bond acceptors (Lipinski definition) is 5. The summed E-state index contributed by atoms with van der Waals surface area (Å²) < 4.78 is 17.6. The monoisotopic (exact) mass is 399 g/mol. The van der Waals surface area contributed by atoms with Gasteiger partial charge in [-0.15, -0.1) is 0 Å². The van der Waals surface area contributed by atoms with E-state index in [4.69, 9.17) is 25.5 Å². The average Bonchev–Trinajstić information content (AvgIpc) is 3.33. The van der Waals surface area contributed by atoms with Crippen molar-refractivity contribution in [1.82, 2.24) is 4.98 Å². The first-order valence-electron chi connectivity index (χ1n) is 9.51. The SMILES string of the molecule is COc1ccc(Cc2nc3cc(Cl)cc(CC=O)c3o2)c(OC2CCCC2)c1. The van der Waals surface area contributed by atoms with Crippen molar-refractivity contribution < 1.29 is 18.7 Å². The first kappa shape index (κ1) is 18.8. The molecule has 1 fully saturated rings. The first-order chi connectivity index (χ1) is 13.7. The third kappa shape index (κ3) is 3.99. The van der Waals surface area contributed by atoms with Crippen molar-refractivity contribution in [1.29, 1.82) is 0 Å². The molecule has 5 nitrogen and oxygen atoms in total. The summed E-state index contributed by atoms with van der Waals surface area (Å²) in [6, 6.07) is 9.31. The number of aromatic nitrogens is 1. The molecule has 1 aliphatic carbocycles. The fourth-order valence-electron chi connectivity index (χ4n) is 3.69. The molecule has 0 radical (unpaired) electrons. The fourth-order valence-corrected chi connectivity index (χ4v) is 3.93. The molecule has 1 aliphatic rings. The van der Waals surface area contributed by atoms with E-state index in [1.54, 1.807) is 19.2 Å². The van der Waals surface area contributed by atoms with Gasteiger partial charge in [0.1, 0.15) is 23.3 Å². The molecular weight excluding hydrogens is 378 g/mol. The highest BCUT2D eigenvalue weighted by atomic mass is 35.5. The fraction of sp³-hybridized carbons (Fsp3) is 0.364. The van der Waals surface area contributed by atoms with Crippen LogP contribution in [0, 0.1) is 0 Å². The minimum atomic E-state index is 0.240. The van der Waals surface area contributed by atoms with Crippen LogP contribution in [0.4, 0.5) is 0 Å². The van der Waals surface area contributed by atoms with Crippen LogP contribution >= 0.6 is 11.6 Å². The topological polar surface area (TPSA) is 61.6 Å². The number of halogens is 1. The summed E-state index contributed by atoms with van der Waals surface area (Å²) in [5.74, 6) is 2.12. The van der Waals surface area contributed by atoms with Crippen LogP contribution in [0.3, 0.4) is 0 Å². The van der Waals surface area contributed by atoms with Gasteiger partial charge in [-0.3, -0.25) is 0 Å². The number of oxazole rings is 1. The summed E-state index contributed by atoms with van der Waals surface area (Å²) in [5, 5.41) is 0.541. The second-order valence-electron chi connectivity index (χ2n) is 7.07. The first-order valence-corrected chi connectivity index (χ1v) is 9.89. The molecule has 6 heteroatoms. The van der Waals surface area contributed by atoms with Crippen molar-refractivity contribution in [3.05, 3.63) is 52.4 Å². The predicted octanol–water partition coefficient (Wildman–Crippen LogP) is 5.14. The molecule has 28 heavy (non-hydrogen) atoms. The lowest BCUT2D eigenvalue weighted by molar-refractivity contribution is -0.107. The average molecular weight is 400 g/mol. The quantitative estimate of drug-likeness (QED) is 0.514. The van der Waals surface area contributed by atoms with Crippen molar-refractivity contribution in [3.8, 4) is 11.5 Å². The van der Waals surface area contributed by atoms with Gasteiger partial charge >= 0.3 is 0 Å². The molecule has 0 atom stereocenters. The number of ether oxygens (including phenoxy) is 2. The lowest BCUT2D eigenvalue weighted by atomic mass is 10.1. The van der Waals surface area contributed by atoms with Crippen LogP contribution in [-0.4, -0.2) is 24.5 Å². The second kappa shape index (κ2) is 8.23. The van der Waals surface area contributed by atoms with E-state index in [-0.39, 0.29) is 12.5 Å². The van der Waals surface area contributed by atoms with E-state index in [1.165, 1.54) is 12.8 Å². The molecule has 1 heterocycles. The number of nitrogens with zero attached hydrogens (tertiary/aromatic N) is 1. The summed E-state index contributed by atoms with van der Waals surface area (Å²) in [6.45, 7) is 0. The smallest absolute Gasteiger partial charge is 0.200 e. The molecule has 146 valence electrons. The van der Waals surface area contributed by atoms with E-state index in [0.29, 0.717) is 28.4 Å². The van der Waals surface area contributed by atoms with Gasteiger partial charge in [0.15, 0.2) is 11.5 Å². The van der Waals surface area contributed by atoms with Crippen LogP contribution in [0.2, 0.25) is 5.02 Å². The molecule has 0 N–H and O–H groups in total. The van der Waals surface area contributed by atoms with E-state index in [0.717, 1.165) is 41.8 Å². The van der Waals surface area contributed by atoms with Gasteiger partial charge in [-0.05, 0) is 43.9 Å². The molecule has 0 saturated heterocycles. The zero-order valence-corrected chi connectivity index (χ0v) is 16.5. The van der Waals surface area contributed by atoms with Gasteiger partial charge in [0.05, 0.1) is 19.6 Å². The molecule has 2 aromatic carbocycles. The van der Waals surface area contributed by atoms with Crippen molar-refractivity contribution in [2.75, 3.05) is 7.11 Å². The lowest BCUT2D eigenvalue weighted by Gasteiger charge is -2.17. The number of hydrogen-bond donors (Lipinski definition) is 0. The van der Waals surface area contributed by atoms with Gasteiger partial charge in [-0.2, -0.15) is 0 Å². The van der Waals surface area contributed by atoms with Crippen LogP contribution in [0.5, 0.6) is 11.5 Å². The molecule has 0 unspecified atom stereocenters. The Morgan fingerprint density at radius 1 is 1.21 bits per heavy atom. The Hall–Kier alpha value is -2.53. The van der Waals surface area contributed by atoms with E-state index >= 15 is 0 Å². The standard InChI is InChI=1S/C22H22ClNO4/c1-26-18-7-6-14(20(13-18)27-17-4-2-3-5-17)11-21-24-19-12-16(23)10-15(8-9-25)22(19)28-21/h6-7,9-10,12-13,17H,2-5,8,11H2,1H3. The number of rotatable bonds is 7. The minimum Gasteiger partial charge on any atom is -0.497 e. The van der Waals surface area contributed by atoms with Crippen molar-refractivity contribution in [2.24, 2.45) is 0 Å². The predicted molar refractivity (Wildman–Crippen MR) is 107 cm³/mol. The van der Waals surface area contributed by atoms with Crippen LogP contribution in [0.25, 0.3) is 11.1 Å². The highest BCUT2D eigenvalue weighted by Gasteiger charge is 2.20. The number of methoxy groups -OCH3 is 1. The van der Waals surface area contributed by atoms with Crippen molar-refractivity contribution in [2.45, 2.75) is 44.6 Å². The highest BCUT2D eigenvalue weighted by molar-refractivity contribution is 6.31. The van der Waals surface area contributed by atoms with Crippen LogP contribution in [0.15, 0.2) is 34.7 Å². The van der Waals surface area contributed by atoms with Crippen molar-refractivity contribution in [3.63, 3.8) is 0 Å². The second-order valence-corrected chi connectivity index (χ2v) is 7.50. The molecule has 0 bridgehead atoms. The van der Waals surface area contributed by atoms with Crippen molar-refractivity contribution >= 4 is 29.0 Å². The zero-order chi connectivity index (χ0) is 19.5. The number of fused-ring (bicyclic) bond motifs is 1. The summed E-state index contributed by atoms with van der Waals surface area (Å²) in [7, 11) is 1.65. The minimum absolute atomic E-state index is 0.240. The number of aldehydes is 1. The van der Waals surface area contributed by atoms with Crippen LogP contribution in [0.1, 0.15) is 42.7 Å². The molecule has 3 aromatic rings. The summed E-state index contributed by atoms with van der Waals surface area (Å²) >= 11 is 6.15. The third-order valence-corrected chi connectivity index (χ3v) is 5.31. The molecule has 0 spiro atoms. The molecule has 0 amide bonds. The van der Waals surface area contributed by atoms with Gasteiger partial charge in [0, 0.05) is 28.6 Å². The summed E-state index contributed by atoms with van der Waals surface area (Å²) in [6.07, 6.45) is 6.37. The molecular formula is C22H22ClNO4. The normalized spacial score (nSPS) is 14.5. The molecule has 1 aromatic heterocycles.